The Morgan fingerprint density at radius 2 is 1.55 bits per heavy atom. The molecule has 0 fully saturated rings. The highest BCUT2D eigenvalue weighted by Crippen LogP contribution is 2.22. The maximum atomic E-state index is 12.3. The summed E-state index contributed by atoms with van der Waals surface area (Å²) in [6.07, 6.45) is 1.58. The zero-order valence-corrected chi connectivity index (χ0v) is 17.8. The Hall–Kier alpha value is -3.60. The molecule has 160 valence electrons. The van der Waals surface area contributed by atoms with Crippen LogP contribution in [0.2, 0.25) is 0 Å². The number of carbonyl (C=O) groups excluding carboxylic acids is 2. The lowest BCUT2D eigenvalue weighted by atomic mass is 10.1. The van der Waals surface area contributed by atoms with E-state index in [-0.39, 0.29) is 12.4 Å². The fraction of sp³-hybridized carbons (Fsp3) is 0.231. The lowest BCUT2D eigenvalue weighted by molar-refractivity contribution is -0.136. The van der Waals surface area contributed by atoms with Crippen LogP contribution in [0.4, 0.5) is 0 Å². The van der Waals surface area contributed by atoms with E-state index in [1.54, 1.807) is 18.2 Å². The Kier molecular flexibility index (Phi) is 7.82. The standard InChI is InChI=1S/C26H26O5/c1-19-9-6-10-20(2)25(19)30-18-24(27)31-23-15-7-14-22(17-23)26(28)29-16-8-13-21-11-4-3-5-12-21/h3-7,9-12,14-15,17H,8,13,16,18H2,1-2H3. The van der Waals surface area contributed by atoms with Crippen LogP contribution in [0.3, 0.4) is 0 Å². The van der Waals surface area contributed by atoms with Crippen molar-refractivity contribution >= 4 is 11.9 Å². The molecule has 0 saturated heterocycles. The molecule has 3 aromatic rings. The van der Waals surface area contributed by atoms with Gasteiger partial charge in [0.15, 0.2) is 6.61 Å². The van der Waals surface area contributed by atoms with E-state index in [9.17, 15) is 9.59 Å². The number of hydrogen-bond acceptors (Lipinski definition) is 5. The third-order valence-electron chi connectivity index (χ3n) is 4.73. The number of para-hydroxylation sites is 1. The van der Waals surface area contributed by atoms with Crippen molar-refractivity contribution in [3.8, 4) is 11.5 Å². The van der Waals surface area contributed by atoms with Crippen LogP contribution in [-0.2, 0) is 16.0 Å². The molecule has 0 heterocycles. The molecule has 0 atom stereocenters. The molecule has 0 saturated carbocycles. The molecule has 3 aromatic carbocycles. The number of esters is 2. The molecule has 5 nitrogen and oxygen atoms in total. The van der Waals surface area contributed by atoms with E-state index < -0.39 is 11.9 Å². The number of hydrogen-bond donors (Lipinski definition) is 0. The number of carbonyl (C=O) groups is 2. The van der Waals surface area contributed by atoms with E-state index >= 15 is 0 Å². The van der Waals surface area contributed by atoms with Gasteiger partial charge in [-0.15, -0.1) is 0 Å². The van der Waals surface area contributed by atoms with Crippen LogP contribution in [0.15, 0.2) is 72.8 Å². The molecule has 0 aromatic heterocycles. The van der Waals surface area contributed by atoms with Gasteiger partial charge in [-0.3, -0.25) is 0 Å². The Labute approximate surface area is 182 Å². The molecule has 31 heavy (non-hydrogen) atoms. The second kappa shape index (κ2) is 11.0. The van der Waals surface area contributed by atoms with Gasteiger partial charge in [0.25, 0.3) is 0 Å². The van der Waals surface area contributed by atoms with Gasteiger partial charge in [-0.05, 0) is 61.6 Å². The molecule has 0 aliphatic rings. The van der Waals surface area contributed by atoms with E-state index in [2.05, 4.69) is 0 Å². The highest BCUT2D eigenvalue weighted by molar-refractivity contribution is 5.90. The van der Waals surface area contributed by atoms with Crippen LogP contribution in [0, 0.1) is 13.8 Å². The van der Waals surface area contributed by atoms with Crippen LogP contribution in [-0.4, -0.2) is 25.2 Å². The molecule has 0 radical (unpaired) electrons. The molecule has 0 unspecified atom stereocenters. The molecule has 0 aliphatic heterocycles. The molecule has 5 heteroatoms. The molecule has 0 aliphatic carbocycles. The van der Waals surface area contributed by atoms with Gasteiger partial charge in [0, 0.05) is 0 Å². The van der Waals surface area contributed by atoms with Crippen molar-refractivity contribution in [3.63, 3.8) is 0 Å². The minimum atomic E-state index is -0.545. The predicted octanol–water partition coefficient (Wildman–Crippen LogP) is 5.08. The van der Waals surface area contributed by atoms with Crippen LogP contribution in [0.1, 0.15) is 33.5 Å². The maximum absolute atomic E-state index is 12.3. The topological polar surface area (TPSA) is 61.8 Å². The van der Waals surface area contributed by atoms with Gasteiger partial charge in [-0.1, -0.05) is 54.6 Å². The van der Waals surface area contributed by atoms with E-state index in [4.69, 9.17) is 14.2 Å². The third kappa shape index (κ3) is 6.71. The quantitative estimate of drug-likeness (QED) is 0.276. The average Bonchev–Trinajstić information content (AvgIpc) is 2.77. The van der Waals surface area contributed by atoms with E-state index in [0.717, 1.165) is 24.0 Å². The Morgan fingerprint density at radius 1 is 0.839 bits per heavy atom. The molecule has 0 spiro atoms. The summed E-state index contributed by atoms with van der Waals surface area (Å²) in [4.78, 5) is 24.5. The van der Waals surface area contributed by atoms with Crippen molar-refractivity contribution in [2.45, 2.75) is 26.7 Å². The average molecular weight is 418 g/mol. The first kappa shape index (κ1) is 22.1. The Morgan fingerprint density at radius 3 is 2.29 bits per heavy atom. The predicted molar refractivity (Wildman–Crippen MR) is 119 cm³/mol. The van der Waals surface area contributed by atoms with Crippen molar-refractivity contribution in [2.24, 2.45) is 0 Å². The minimum absolute atomic E-state index is 0.222. The number of ether oxygens (including phenoxy) is 3. The minimum Gasteiger partial charge on any atom is -0.481 e. The fourth-order valence-corrected chi connectivity index (χ4v) is 3.17. The molecule has 0 bridgehead atoms. The van der Waals surface area contributed by atoms with Crippen molar-refractivity contribution < 1.29 is 23.8 Å². The SMILES string of the molecule is Cc1cccc(C)c1OCC(=O)Oc1cccc(C(=O)OCCCc2ccccc2)c1. The summed E-state index contributed by atoms with van der Waals surface area (Å²) in [7, 11) is 0. The summed E-state index contributed by atoms with van der Waals surface area (Å²) in [5.41, 5.74) is 3.44. The van der Waals surface area contributed by atoms with Crippen LogP contribution < -0.4 is 9.47 Å². The summed E-state index contributed by atoms with van der Waals surface area (Å²) in [6.45, 7) is 3.94. The van der Waals surface area contributed by atoms with E-state index in [0.29, 0.717) is 17.9 Å². The van der Waals surface area contributed by atoms with Crippen molar-refractivity contribution in [2.75, 3.05) is 13.2 Å². The molecule has 3 rings (SSSR count). The van der Waals surface area contributed by atoms with E-state index in [1.807, 2.05) is 62.4 Å². The van der Waals surface area contributed by atoms with E-state index in [1.165, 1.54) is 11.6 Å². The van der Waals surface area contributed by atoms with Crippen molar-refractivity contribution in [1.29, 1.82) is 0 Å². The summed E-state index contributed by atoms with van der Waals surface area (Å²) >= 11 is 0. The fourth-order valence-electron chi connectivity index (χ4n) is 3.17. The first-order valence-electron chi connectivity index (χ1n) is 10.2. The van der Waals surface area contributed by atoms with Gasteiger partial charge in [0.2, 0.25) is 0 Å². The number of rotatable bonds is 9. The largest absolute Gasteiger partial charge is 0.481 e. The Balaban J connectivity index is 1.47. The zero-order valence-electron chi connectivity index (χ0n) is 17.8. The van der Waals surface area contributed by atoms with Crippen LogP contribution >= 0.6 is 0 Å². The lowest BCUT2D eigenvalue weighted by Gasteiger charge is -2.11. The van der Waals surface area contributed by atoms with Gasteiger partial charge >= 0.3 is 11.9 Å². The molecule has 0 N–H and O–H groups in total. The molecular formula is C26H26O5. The van der Waals surface area contributed by atoms with Gasteiger partial charge < -0.3 is 14.2 Å². The zero-order chi connectivity index (χ0) is 22.1. The van der Waals surface area contributed by atoms with Crippen LogP contribution in [0.25, 0.3) is 0 Å². The first-order valence-corrected chi connectivity index (χ1v) is 10.2. The van der Waals surface area contributed by atoms with Crippen molar-refractivity contribution in [3.05, 3.63) is 95.1 Å². The highest BCUT2D eigenvalue weighted by atomic mass is 16.6. The summed E-state index contributed by atoms with van der Waals surface area (Å²) < 4.78 is 16.3. The monoisotopic (exact) mass is 418 g/mol. The van der Waals surface area contributed by atoms with Crippen molar-refractivity contribution in [1.82, 2.24) is 0 Å². The van der Waals surface area contributed by atoms with Gasteiger partial charge in [-0.25, -0.2) is 9.59 Å². The first-order chi connectivity index (χ1) is 15.0. The second-order valence-corrected chi connectivity index (χ2v) is 7.24. The molecular weight excluding hydrogens is 392 g/mol. The van der Waals surface area contributed by atoms with Crippen LogP contribution in [0.5, 0.6) is 11.5 Å². The number of benzene rings is 3. The highest BCUT2D eigenvalue weighted by Gasteiger charge is 2.12. The van der Waals surface area contributed by atoms with Gasteiger partial charge in [-0.2, -0.15) is 0 Å². The van der Waals surface area contributed by atoms with Gasteiger partial charge in [0.05, 0.1) is 12.2 Å². The Bertz CT molecular complexity index is 1010. The second-order valence-electron chi connectivity index (χ2n) is 7.24. The van der Waals surface area contributed by atoms with Gasteiger partial charge in [0.1, 0.15) is 11.5 Å². The maximum Gasteiger partial charge on any atom is 0.349 e. The normalized spacial score (nSPS) is 10.4. The lowest BCUT2D eigenvalue weighted by Crippen LogP contribution is -2.18. The summed E-state index contributed by atoms with van der Waals surface area (Å²) in [6, 6.07) is 22.2. The summed E-state index contributed by atoms with van der Waals surface area (Å²) in [5, 5.41) is 0. The third-order valence-corrected chi connectivity index (χ3v) is 4.73. The number of aryl methyl sites for hydroxylation is 3. The molecule has 0 amide bonds. The summed E-state index contributed by atoms with van der Waals surface area (Å²) in [5.74, 6) is -0.0464. The smallest absolute Gasteiger partial charge is 0.349 e.